The normalized spacial score (nSPS) is 22.2. The van der Waals surface area contributed by atoms with Crippen molar-refractivity contribution in [3.05, 3.63) is 70.2 Å². The van der Waals surface area contributed by atoms with E-state index in [9.17, 15) is 0 Å². The highest BCUT2D eigenvalue weighted by atomic mass is 35.5. The van der Waals surface area contributed by atoms with Gasteiger partial charge >= 0.3 is 0 Å². The van der Waals surface area contributed by atoms with E-state index >= 15 is 0 Å². The topological polar surface area (TPSA) is 60.1 Å². The van der Waals surface area contributed by atoms with Gasteiger partial charge in [-0.2, -0.15) is 9.97 Å². The Morgan fingerprint density at radius 3 is 2.28 bits per heavy atom. The number of epoxide rings is 1. The maximum absolute atomic E-state index is 6.26. The molecule has 2 atom stereocenters. The second-order valence-corrected chi connectivity index (χ2v) is 10.5. The lowest BCUT2D eigenvalue weighted by Crippen LogP contribution is -2.46. The second kappa shape index (κ2) is 10.4. The molecule has 2 unspecified atom stereocenters. The van der Waals surface area contributed by atoms with Crippen molar-refractivity contribution in [2.24, 2.45) is 0 Å². The van der Waals surface area contributed by atoms with Gasteiger partial charge in [0.2, 0.25) is 5.95 Å². The van der Waals surface area contributed by atoms with Gasteiger partial charge in [-0.25, -0.2) is 0 Å². The highest BCUT2D eigenvalue weighted by Crippen LogP contribution is 2.34. The van der Waals surface area contributed by atoms with Crippen LogP contribution in [0.2, 0.25) is 10.0 Å². The van der Waals surface area contributed by atoms with Gasteiger partial charge in [0, 0.05) is 57.6 Å². The monoisotopic (exact) mass is 524 g/mol. The number of piperazine rings is 1. The van der Waals surface area contributed by atoms with Crippen LogP contribution in [-0.2, 0) is 11.3 Å². The van der Waals surface area contributed by atoms with E-state index < -0.39 is 0 Å². The number of hydrogen-bond donors (Lipinski definition) is 1. The van der Waals surface area contributed by atoms with E-state index in [4.69, 9.17) is 37.9 Å². The largest absolute Gasteiger partial charge is 0.369 e. The van der Waals surface area contributed by atoms with Crippen LogP contribution >= 0.6 is 23.2 Å². The van der Waals surface area contributed by atoms with Crippen LogP contribution in [0.15, 0.2) is 54.6 Å². The van der Waals surface area contributed by atoms with Gasteiger partial charge in [-0.15, -0.1) is 0 Å². The summed E-state index contributed by atoms with van der Waals surface area (Å²) >= 11 is 12.4. The minimum Gasteiger partial charge on any atom is -0.369 e. The molecule has 3 aliphatic heterocycles. The van der Waals surface area contributed by atoms with Crippen LogP contribution < -0.4 is 15.1 Å². The summed E-state index contributed by atoms with van der Waals surface area (Å²) in [5, 5.41) is 4.47. The van der Waals surface area contributed by atoms with Crippen molar-refractivity contribution in [3.63, 3.8) is 0 Å². The van der Waals surface area contributed by atoms with E-state index in [-0.39, 0.29) is 0 Å². The zero-order valence-corrected chi connectivity index (χ0v) is 21.6. The Morgan fingerprint density at radius 1 is 0.806 bits per heavy atom. The summed E-state index contributed by atoms with van der Waals surface area (Å²) in [6, 6.07) is 18.2. The van der Waals surface area contributed by atoms with Crippen molar-refractivity contribution in [2.75, 3.05) is 54.4 Å². The quantitative estimate of drug-likeness (QED) is 0.443. The zero-order chi connectivity index (χ0) is 24.5. The molecule has 4 heterocycles. The molecule has 0 bridgehead atoms. The third-order valence-corrected chi connectivity index (χ3v) is 7.91. The molecule has 0 spiro atoms. The Labute approximate surface area is 222 Å². The lowest BCUT2D eigenvalue weighted by Gasteiger charge is -2.35. The standard InChI is InChI=1S/C27H30Cl2N6O/c28-21-7-6-20(16-22(21)29)30-25-17-26(34-10-8-23-24(36-23)9-11-34)32-27(31-25)35-14-12-33(13-15-35)18-19-4-2-1-3-5-19/h1-7,16-17,23-24H,8-15,18H2,(H,30,31,32). The fourth-order valence-corrected chi connectivity index (χ4v) is 5.35. The van der Waals surface area contributed by atoms with Crippen LogP contribution in [0.3, 0.4) is 0 Å². The van der Waals surface area contributed by atoms with E-state index in [0.29, 0.717) is 22.3 Å². The molecule has 0 saturated carbocycles. The number of nitrogens with one attached hydrogen (secondary N) is 1. The predicted molar refractivity (Wildman–Crippen MR) is 146 cm³/mol. The van der Waals surface area contributed by atoms with Gasteiger partial charge < -0.3 is 19.9 Å². The third kappa shape index (κ3) is 5.54. The highest BCUT2D eigenvalue weighted by Gasteiger charge is 2.40. The number of fused-ring (bicyclic) bond motifs is 1. The van der Waals surface area contributed by atoms with Crippen LogP contribution in [0, 0.1) is 0 Å². The minimum absolute atomic E-state index is 0.419. The van der Waals surface area contributed by atoms with Crippen LogP contribution in [0.1, 0.15) is 18.4 Å². The Balaban J connectivity index is 1.21. The summed E-state index contributed by atoms with van der Waals surface area (Å²) in [5.74, 6) is 2.47. The van der Waals surface area contributed by atoms with Gasteiger partial charge in [0.15, 0.2) is 0 Å². The molecule has 188 valence electrons. The first-order chi connectivity index (χ1) is 17.6. The molecule has 7 nitrogen and oxygen atoms in total. The number of nitrogens with zero attached hydrogens (tertiary/aromatic N) is 5. The van der Waals surface area contributed by atoms with Gasteiger partial charge in [-0.3, -0.25) is 4.90 Å². The molecule has 2 aromatic carbocycles. The fourth-order valence-electron chi connectivity index (χ4n) is 5.05. The van der Waals surface area contributed by atoms with Crippen molar-refractivity contribution in [1.82, 2.24) is 14.9 Å². The first-order valence-corrected chi connectivity index (χ1v) is 13.4. The van der Waals surface area contributed by atoms with E-state index in [0.717, 1.165) is 81.9 Å². The molecular formula is C27H30Cl2N6O. The van der Waals surface area contributed by atoms with Crippen molar-refractivity contribution in [1.29, 1.82) is 0 Å². The molecule has 36 heavy (non-hydrogen) atoms. The first-order valence-electron chi connectivity index (χ1n) is 12.6. The first kappa shape index (κ1) is 23.8. The molecule has 1 N–H and O–H groups in total. The molecule has 3 fully saturated rings. The SMILES string of the molecule is Clc1ccc(Nc2cc(N3CCC4OC4CC3)nc(N3CCN(Cc4ccccc4)CC3)n2)cc1Cl. The Kier molecular flexibility index (Phi) is 6.89. The maximum Gasteiger partial charge on any atom is 0.229 e. The van der Waals surface area contributed by atoms with E-state index in [1.54, 1.807) is 6.07 Å². The average molecular weight is 525 g/mol. The van der Waals surface area contributed by atoms with Crippen molar-refractivity contribution in [2.45, 2.75) is 31.6 Å². The molecular weight excluding hydrogens is 495 g/mol. The third-order valence-electron chi connectivity index (χ3n) is 7.18. The summed E-state index contributed by atoms with van der Waals surface area (Å²) in [5.41, 5.74) is 2.19. The Hall–Kier alpha value is -2.58. The van der Waals surface area contributed by atoms with Crippen LogP contribution in [0.25, 0.3) is 0 Å². The molecule has 0 aliphatic carbocycles. The van der Waals surface area contributed by atoms with Gasteiger partial charge in [0.1, 0.15) is 11.6 Å². The summed E-state index contributed by atoms with van der Waals surface area (Å²) in [6.45, 7) is 6.58. The van der Waals surface area contributed by atoms with Crippen LogP contribution in [-0.4, -0.2) is 66.3 Å². The van der Waals surface area contributed by atoms with E-state index in [1.165, 1.54) is 5.56 Å². The number of rotatable bonds is 6. The molecule has 1 aromatic heterocycles. The summed E-state index contributed by atoms with van der Waals surface area (Å²) in [7, 11) is 0. The summed E-state index contributed by atoms with van der Waals surface area (Å²) in [6.07, 6.45) is 2.92. The predicted octanol–water partition coefficient (Wildman–Crippen LogP) is 5.22. The van der Waals surface area contributed by atoms with Crippen molar-refractivity contribution >= 4 is 46.5 Å². The van der Waals surface area contributed by atoms with Crippen molar-refractivity contribution < 1.29 is 4.74 Å². The molecule has 3 aliphatic rings. The summed E-state index contributed by atoms with van der Waals surface area (Å²) in [4.78, 5) is 17.1. The molecule has 3 saturated heterocycles. The van der Waals surface area contributed by atoms with E-state index in [1.807, 2.05) is 18.2 Å². The molecule has 3 aromatic rings. The Morgan fingerprint density at radius 2 is 1.56 bits per heavy atom. The maximum atomic E-state index is 6.26. The smallest absolute Gasteiger partial charge is 0.229 e. The number of aromatic nitrogens is 2. The van der Waals surface area contributed by atoms with Gasteiger partial charge in [0.05, 0.1) is 22.3 Å². The van der Waals surface area contributed by atoms with Crippen molar-refractivity contribution in [3.8, 4) is 0 Å². The second-order valence-electron chi connectivity index (χ2n) is 9.69. The number of halogens is 2. The minimum atomic E-state index is 0.419. The highest BCUT2D eigenvalue weighted by molar-refractivity contribution is 6.42. The van der Waals surface area contributed by atoms with Crippen LogP contribution in [0.4, 0.5) is 23.3 Å². The van der Waals surface area contributed by atoms with Gasteiger partial charge in [0.25, 0.3) is 0 Å². The lowest BCUT2D eigenvalue weighted by molar-refractivity contribution is 0.248. The number of anilines is 4. The fraction of sp³-hybridized carbons (Fsp3) is 0.407. The van der Waals surface area contributed by atoms with Gasteiger partial charge in [-0.05, 0) is 36.6 Å². The van der Waals surface area contributed by atoms with E-state index in [2.05, 4.69) is 50.3 Å². The number of benzene rings is 2. The zero-order valence-electron chi connectivity index (χ0n) is 20.1. The summed E-state index contributed by atoms with van der Waals surface area (Å²) < 4.78 is 5.73. The average Bonchev–Trinajstić information content (AvgIpc) is 3.67. The lowest BCUT2D eigenvalue weighted by atomic mass is 10.2. The molecule has 6 rings (SSSR count). The Bertz CT molecular complexity index is 1190. The number of hydrogen-bond acceptors (Lipinski definition) is 7. The van der Waals surface area contributed by atoms with Crippen LogP contribution in [0.5, 0.6) is 0 Å². The molecule has 0 radical (unpaired) electrons. The molecule has 0 amide bonds. The number of ether oxygens (including phenoxy) is 1. The van der Waals surface area contributed by atoms with Gasteiger partial charge in [-0.1, -0.05) is 53.5 Å². The molecule has 9 heteroatoms.